The van der Waals surface area contributed by atoms with Crippen LogP contribution in [0.2, 0.25) is 0 Å². The van der Waals surface area contributed by atoms with Gasteiger partial charge in [-0.15, -0.1) is 0 Å². The third-order valence-corrected chi connectivity index (χ3v) is 2.14. The van der Waals surface area contributed by atoms with Crippen molar-refractivity contribution in [2.24, 2.45) is 0 Å². The minimum absolute atomic E-state index is 0.0307. The molecule has 0 fully saturated rings. The van der Waals surface area contributed by atoms with E-state index in [9.17, 15) is 9.59 Å². The quantitative estimate of drug-likeness (QED) is 0.761. The lowest BCUT2D eigenvalue weighted by molar-refractivity contribution is -0.136. The monoisotopic (exact) mass is 223 g/mol. The lowest BCUT2D eigenvalue weighted by Crippen LogP contribution is -2.26. The molecule has 4 nitrogen and oxygen atoms in total. The fourth-order valence-electron chi connectivity index (χ4n) is 1.30. The minimum Gasteiger partial charge on any atom is -0.481 e. The second kappa shape index (κ2) is 6.61. The molecule has 1 aromatic carbocycles. The number of aryl methyl sites for hydroxylation is 1. The number of carboxylic acid groups (broad SMARTS) is 1. The van der Waals surface area contributed by atoms with Crippen molar-refractivity contribution in [1.82, 2.24) is 5.32 Å². The average Bonchev–Trinajstić information content (AvgIpc) is 2.27. The van der Waals surface area contributed by atoms with Crippen molar-refractivity contribution in [2.45, 2.75) is 19.3 Å². The first kappa shape index (κ1) is 12.2. The number of aliphatic carboxylic acids is 1. The van der Waals surface area contributed by atoms with Gasteiger partial charge in [0.15, 0.2) is 0 Å². The summed E-state index contributed by atoms with van der Waals surface area (Å²) >= 11 is 0. The van der Waals surface area contributed by atoms with E-state index in [-0.39, 0.29) is 18.9 Å². The van der Waals surface area contributed by atoms with Crippen LogP contribution >= 0.6 is 0 Å². The van der Waals surface area contributed by atoms with Crippen molar-refractivity contribution < 1.29 is 14.7 Å². The predicted octanol–water partition coefficient (Wildman–Crippen LogP) is 1.21. The molecule has 1 rings (SSSR count). The molecule has 1 aromatic rings. The topological polar surface area (TPSA) is 66.4 Å². The highest BCUT2D eigenvalue weighted by Gasteiger charge is 2.02. The van der Waals surface area contributed by atoms with Gasteiger partial charge in [-0.3, -0.25) is 9.59 Å². The molecule has 1 amide bonds. The maximum Gasteiger partial charge on any atom is 0.305 e. The Hall–Kier alpha value is -1.84. The highest BCUT2D eigenvalue weighted by molar-refractivity contribution is 5.77. The average molecular weight is 223 g/mol. The van der Waals surface area contributed by atoms with Gasteiger partial charge in [0.2, 0.25) is 5.91 Å². The van der Waals surface area contributed by atoms with Crippen molar-refractivity contribution in [2.75, 3.05) is 6.54 Å². The van der Waals surface area contributed by atoms with Crippen LogP contribution in [0, 0.1) is 0 Å². The Labute approximate surface area is 94.3 Å². The molecule has 0 aliphatic rings. The summed E-state index contributed by atoms with van der Waals surface area (Å²) in [6, 6.07) is 9.71. The summed E-state index contributed by atoms with van der Waals surface area (Å²) in [5.74, 6) is -1.01. The summed E-state index contributed by atoms with van der Waals surface area (Å²) in [6.45, 7) is 0.197. The van der Waals surface area contributed by atoms with Gasteiger partial charge >= 0.3 is 5.97 Å². The van der Waals surface area contributed by atoms with Crippen LogP contribution in [0.25, 0.3) is 0 Å². The second-order valence-electron chi connectivity index (χ2n) is 3.48. The van der Waals surface area contributed by atoms with Gasteiger partial charge in [0.25, 0.3) is 0 Å². The van der Waals surface area contributed by atoms with Gasteiger partial charge in [0.1, 0.15) is 0 Å². The van der Waals surface area contributed by atoms with E-state index in [1.807, 2.05) is 30.3 Å². The van der Waals surface area contributed by atoms with E-state index in [2.05, 4.69) is 5.32 Å². The number of nitrogens with one attached hydrogen (secondary N) is 1. The summed E-state index contributed by atoms with van der Waals surface area (Å²) in [7, 11) is 0. The number of amides is 1. The number of hydrogen-bond donors (Lipinski definition) is 2. The van der Waals surface area contributed by atoms with Crippen LogP contribution in [0.1, 0.15) is 18.4 Å². The molecule has 0 aliphatic heterocycles. The Morgan fingerprint density at radius 2 is 2.00 bits per heavy atom. The van der Waals surface area contributed by atoms with Crippen LogP contribution < -0.4 is 5.32 Å². The van der Waals surface area contributed by atoms with Crippen LogP contribution in [-0.2, 0) is 16.0 Å². The van der Waals surface area contributed by atoms with Crippen LogP contribution in [0.3, 0.4) is 0 Å². The summed E-state index contributed by atoms with van der Waals surface area (Å²) in [4.78, 5) is 21.5. The SMILES string of the molecule is O=C(CCc1ccccc1)NCC[14C](=O)O. The second-order valence-corrected chi connectivity index (χ2v) is 3.48. The highest BCUT2D eigenvalue weighted by Crippen LogP contribution is 2.01. The van der Waals surface area contributed by atoms with Gasteiger partial charge in [-0.05, 0) is 12.0 Å². The van der Waals surface area contributed by atoms with Gasteiger partial charge in [-0.25, -0.2) is 0 Å². The summed E-state index contributed by atoms with van der Waals surface area (Å²) in [5.41, 5.74) is 1.11. The summed E-state index contributed by atoms with van der Waals surface area (Å²) in [6.07, 6.45) is 1.04. The molecule has 16 heavy (non-hydrogen) atoms. The lowest BCUT2D eigenvalue weighted by atomic mass is 10.1. The highest BCUT2D eigenvalue weighted by atomic mass is 16.6. The molecule has 0 aliphatic carbocycles. The fraction of sp³-hybridized carbons (Fsp3) is 0.333. The zero-order valence-corrected chi connectivity index (χ0v) is 8.98. The fourth-order valence-corrected chi connectivity index (χ4v) is 1.30. The molecule has 0 spiro atoms. The Morgan fingerprint density at radius 1 is 1.31 bits per heavy atom. The standard InChI is InChI=1S/C12H15NO3/c14-11(13-9-8-12(15)16)7-6-10-4-2-1-3-5-10/h1-5H,6-9H2,(H,13,14)(H,15,16)/i12+2. The summed E-state index contributed by atoms with van der Waals surface area (Å²) in [5, 5.41) is 10.9. The maximum atomic E-state index is 11.3. The first-order valence-corrected chi connectivity index (χ1v) is 5.21. The van der Waals surface area contributed by atoms with Gasteiger partial charge in [-0.1, -0.05) is 30.3 Å². The minimum atomic E-state index is -0.900. The van der Waals surface area contributed by atoms with Gasteiger partial charge in [0, 0.05) is 13.0 Å². The molecular formula is C12H15NO3. The molecule has 4 heteroatoms. The molecule has 0 saturated heterocycles. The van der Waals surface area contributed by atoms with E-state index in [1.54, 1.807) is 0 Å². The first-order valence-electron chi connectivity index (χ1n) is 5.21. The van der Waals surface area contributed by atoms with E-state index in [1.165, 1.54) is 0 Å². The van der Waals surface area contributed by atoms with Crippen LogP contribution in [0.15, 0.2) is 30.3 Å². The molecule has 0 radical (unpaired) electrons. The number of carbonyl (C=O) groups is 2. The maximum absolute atomic E-state index is 11.3. The van der Waals surface area contributed by atoms with Crippen molar-refractivity contribution in [3.05, 3.63) is 35.9 Å². The van der Waals surface area contributed by atoms with Crippen molar-refractivity contribution >= 4 is 11.9 Å². The van der Waals surface area contributed by atoms with E-state index in [4.69, 9.17) is 5.11 Å². The number of benzene rings is 1. The molecule has 2 N–H and O–H groups in total. The van der Waals surface area contributed by atoms with Crippen molar-refractivity contribution in [1.29, 1.82) is 0 Å². The Morgan fingerprint density at radius 3 is 2.62 bits per heavy atom. The van der Waals surface area contributed by atoms with Gasteiger partial charge in [-0.2, -0.15) is 0 Å². The molecule has 0 bridgehead atoms. The zero-order valence-electron chi connectivity index (χ0n) is 8.98. The van der Waals surface area contributed by atoms with Gasteiger partial charge in [0.05, 0.1) is 6.42 Å². The molecule has 0 unspecified atom stereocenters. The largest absolute Gasteiger partial charge is 0.481 e. The molecule has 0 atom stereocenters. The first-order chi connectivity index (χ1) is 7.68. The normalized spacial score (nSPS) is 9.75. The van der Waals surface area contributed by atoms with Crippen molar-refractivity contribution in [3.8, 4) is 0 Å². The van der Waals surface area contributed by atoms with E-state index < -0.39 is 5.97 Å². The lowest BCUT2D eigenvalue weighted by Gasteiger charge is -2.03. The number of rotatable bonds is 6. The van der Waals surface area contributed by atoms with E-state index in [0.29, 0.717) is 12.8 Å². The smallest absolute Gasteiger partial charge is 0.305 e. The van der Waals surface area contributed by atoms with E-state index >= 15 is 0 Å². The molecule has 0 heterocycles. The van der Waals surface area contributed by atoms with Gasteiger partial charge < -0.3 is 10.4 Å². The number of hydrogen-bond acceptors (Lipinski definition) is 2. The summed E-state index contributed by atoms with van der Waals surface area (Å²) < 4.78 is 0. The third kappa shape index (κ3) is 5.14. The number of carbonyl (C=O) groups excluding carboxylic acids is 1. The number of carboxylic acids is 1. The van der Waals surface area contributed by atoms with Crippen LogP contribution in [0.5, 0.6) is 0 Å². The predicted molar refractivity (Wildman–Crippen MR) is 60.0 cm³/mol. The van der Waals surface area contributed by atoms with Crippen molar-refractivity contribution in [3.63, 3.8) is 0 Å². The molecule has 0 aromatic heterocycles. The Bertz CT molecular complexity index is 349. The van der Waals surface area contributed by atoms with E-state index in [0.717, 1.165) is 5.56 Å². The Balaban J connectivity index is 2.18. The zero-order chi connectivity index (χ0) is 11.8. The molecule has 0 saturated carbocycles. The van der Waals surface area contributed by atoms with Crippen LogP contribution in [-0.4, -0.2) is 23.5 Å². The Kier molecular flexibility index (Phi) is 5.05. The molecular weight excluding hydrogens is 208 g/mol. The van der Waals surface area contributed by atoms with Crippen LogP contribution in [0.4, 0.5) is 0 Å². The third-order valence-electron chi connectivity index (χ3n) is 2.14. The molecule has 86 valence electrons.